The third-order valence-electron chi connectivity index (χ3n) is 1.87. The van der Waals surface area contributed by atoms with Crippen LogP contribution in [0.15, 0.2) is 11.4 Å². The van der Waals surface area contributed by atoms with Crippen molar-refractivity contribution in [2.24, 2.45) is 0 Å². The number of nitrogens with one attached hydrogen (secondary N) is 2. The van der Waals surface area contributed by atoms with E-state index in [4.69, 9.17) is 4.74 Å². The van der Waals surface area contributed by atoms with Crippen LogP contribution in [-0.4, -0.2) is 38.7 Å². The minimum atomic E-state index is -0.693. The number of esters is 2. The van der Waals surface area contributed by atoms with E-state index in [-0.39, 0.29) is 4.88 Å². The van der Waals surface area contributed by atoms with Gasteiger partial charge in [-0.05, 0) is 11.4 Å². The van der Waals surface area contributed by atoms with Crippen LogP contribution in [0, 0.1) is 0 Å². The molecule has 2 amide bonds. The van der Waals surface area contributed by atoms with Crippen LogP contribution < -0.4 is 10.6 Å². The summed E-state index contributed by atoms with van der Waals surface area (Å²) in [5, 5.41) is 6.45. The molecule has 0 fully saturated rings. The molecular formula is C10H12N2O5S. The van der Waals surface area contributed by atoms with E-state index < -0.39 is 24.6 Å². The lowest BCUT2D eigenvalue weighted by Crippen LogP contribution is -2.25. The number of carbonyl (C=O) groups is 3. The van der Waals surface area contributed by atoms with Crippen molar-refractivity contribution in [1.29, 1.82) is 0 Å². The SMILES string of the molecule is CNC(=O)Nc1ccsc1C(=O)OCC(=O)OC. The summed E-state index contributed by atoms with van der Waals surface area (Å²) in [7, 11) is 2.65. The van der Waals surface area contributed by atoms with Gasteiger partial charge in [-0.2, -0.15) is 0 Å². The zero-order valence-corrected chi connectivity index (χ0v) is 10.6. The van der Waals surface area contributed by atoms with Crippen molar-refractivity contribution in [3.8, 4) is 0 Å². The second kappa shape index (κ2) is 6.60. The molecule has 0 aliphatic carbocycles. The Kier molecular flexibility index (Phi) is 5.12. The first-order chi connectivity index (χ1) is 8.58. The van der Waals surface area contributed by atoms with E-state index in [1.807, 2.05) is 0 Å². The van der Waals surface area contributed by atoms with Crippen LogP contribution in [0.1, 0.15) is 9.67 Å². The van der Waals surface area contributed by atoms with Crippen molar-refractivity contribution < 1.29 is 23.9 Å². The van der Waals surface area contributed by atoms with Crippen molar-refractivity contribution in [2.45, 2.75) is 0 Å². The molecule has 0 radical (unpaired) electrons. The summed E-state index contributed by atoms with van der Waals surface area (Å²) in [5.74, 6) is -1.34. The third kappa shape index (κ3) is 3.74. The van der Waals surface area contributed by atoms with Gasteiger partial charge in [0.15, 0.2) is 6.61 Å². The Hall–Kier alpha value is -2.09. The molecule has 7 nitrogen and oxygen atoms in total. The lowest BCUT2D eigenvalue weighted by Gasteiger charge is -2.05. The van der Waals surface area contributed by atoms with Gasteiger partial charge in [-0.3, -0.25) is 0 Å². The average Bonchev–Trinajstić information content (AvgIpc) is 2.83. The van der Waals surface area contributed by atoms with Crippen molar-refractivity contribution in [1.82, 2.24) is 5.32 Å². The number of amides is 2. The Morgan fingerprint density at radius 3 is 2.72 bits per heavy atom. The molecule has 1 aromatic rings. The van der Waals surface area contributed by atoms with E-state index in [2.05, 4.69) is 15.4 Å². The van der Waals surface area contributed by atoms with Gasteiger partial charge in [-0.1, -0.05) is 0 Å². The molecule has 0 atom stereocenters. The minimum Gasteiger partial charge on any atom is -0.466 e. The molecule has 98 valence electrons. The standard InChI is InChI=1S/C10H12N2O5S/c1-11-10(15)12-6-3-4-18-8(6)9(14)17-5-7(13)16-2/h3-4H,5H2,1-2H3,(H2,11,12,15). The largest absolute Gasteiger partial charge is 0.466 e. The van der Waals surface area contributed by atoms with Gasteiger partial charge < -0.3 is 20.1 Å². The molecule has 1 aromatic heterocycles. The molecule has 0 aliphatic rings. The quantitative estimate of drug-likeness (QED) is 0.792. The normalized spacial score (nSPS) is 9.44. The summed E-state index contributed by atoms with van der Waals surface area (Å²) in [6, 6.07) is 1.12. The maximum Gasteiger partial charge on any atom is 0.351 e. The molecule has 1 rings (SSSR count). The number of ether oxygens (including phenoxy) is 2. The fraction of sp³-hybridized carbons (Fsp3) is 0.300. The molecule has 18 heavy (non-hydrogen) atoms. The average molecular weight is 272 g/mol. The topological polar surface area (TPSA) is 93.7 Å². The first-order valence-corrected chi connectivity index (χ1v) is 5.76. The number of hydrogen-bond acceptors (Lipinski definition) is 6. The predicted octanol–water partition coefficient (Wildman–Crippen LogP) is 0.829. The zero-order valence-electron chi connectivity index (χ0n) is 9.81. The fourth-order valence-corrected chi connectivity index (χ4v) is 1.74. The number of rotatable bonds is 4. The minimum absolute atomic E-state index is 0.211. The van der Waals surface area contributed by atoms with Crippen LogP contribution >= 0.6 is 11.3 Å². The Morgan fingerprint density at radius 1 is 1.39 bits per heavy atom. The summed E-state index contributed by atoms with van der Waals surface area (Å²) in [6.45, 7) is -0.466. The van der Waals surface area contributed by atoms with Gasteiger partial charge in [0.05, 0.1) is 12.8 Å². The fourth-order valence-electron chi connectivity index (χ4n) is 1.000. The summed E-state index contributed by atoms with van der Waals surface area (Å²) in [4.78, 5) is 33.8. The Bertz CT molecular complexity index is 457. The van der Waals surface area contributed by atoms with Crippen LogP contribution in [0.3, 0.4) is 0 Å². The van der Waals surface area contributed by atoms with Gasteiger partial charge in [0.1, 0.15) is 4.88 Å². The van der Waals surface area contributed by atoms with E-state index in [1.54, 1.807) is 11.4 Å². The monoisotopic (exact) mass is 272 g/mol. The van der Waals surface area contributed by atoms with Crippen LogP contribution in [0.2, 0.25) is 0 Å². The Labute approximate surface area is 107 Å². The van der Waals surface area contributed by atoms with E-state index in [0.29, 0.717) is 5.69 Å². The number of methoxy groups -OCH3 is 1. The molecule has 0 bridgehead atoms. The molecule has 0 unspecified atom stereocenters. The van der Waals surface area contributed by atoms with Crippen molar-refractivity contribution >= 4 is 35.0 Å². The molecule has 1 heterocycles. The molecule has 0 saturated heterocycles. The molecule has 0 aromatic carbocycles. The summed E-state index contributed by atoms with van der Waals surface area (Å²) in [5.41, 5.74) is 0.328. The lowest BCUT2D eigenvalue weighted by molar-refractivity contribution is -0.144. The molecule has 0 aliphatic heterocycles. The number of urea groups is 1. The number of thiophene rings is 1. The highest BCUT2D eigenvalue weighted by molar-refractivity contribution is 7.12. The van der Waals surface area contributed by atoms with Crippen molar-refractivity contribution in [2.75, 3.05) is 26.1 Å². The summed E-state index contributed by atoms with van der Waals surface area (Å²) < 4.78 is 9.06. The lowest BCUT2D eigenvalue weighted by atomic mass is 10.4. The Balaban J connectivity index is 2.65. The zero-order chi connectivity index (χ0) is 13.5. The van der Waals surface area contributed by atoms with E-state index in [1.165, 1.54) is 14.2 Å². The van der Waals surface area contributed by atoms with Gasteiger partial charge in [-0.25, -0.2) is 14.4 Å². The number of anilines is 1. The highest BCUT2D eigenvalue weighted by atomic mass is 32.1. The molecule has 0 saturated carbocycles. The number of hydrogen-bond donors (Lipinski definition) is 2. The number of carbonyl (C=O) groups excluding carboxylic acids is 3. The van der Waals surface area contributed by atoms with Crippen LogP contribution in [0.4, 0.5) is 10.5 Å². The van der Waals surface area contributed by atoms with Gasteiger partial charge in [0.2, 0.25) is 0 Å². The maximum absolute atomic E-state index is 11.6. The second-order valence-electron chi connectivity index (χ2n) is 3.02. The van der Waals surface area contributed by atoms with Gasteiger partial charge >= 0.3 is 18.0 Å². The van der Waals surface area contributed by atoms with Crippen molar-refractivity contribution in [3.63, 3.8) is 0 Å². The second-order valence-corrected chi connectivity index (χ2v) is 3.94. The third-order valence-corrected chi connectivity index (χ3v) is 2.77. The smallest absolute Gasteiger partial charge is 0.351 e. The maximum atomic E-state index is 11.6. The molecule has 8 heteroatoms. The van der Waals surface area contributed by atoms with E-state index in [9.17, 15) is 14.4 Å². The highest BCUT2D eigenvalue weighted by Crippen LogP contribution is 2.23. The summed E-state index contributed by atoms with van der Waals surface area (Å²) >= 11 is 1.10. The van der Waals surface area contributed by atoms with E-state index >= 15 is 0 Å². The van der Waals surface area contributed by atoms with Crippen LogP contribution in [0.25, 0.3) is 0 Å². The van der Waals surface area contributed by atoms with Gasteiger partial charge in [-0.15, -0.1) is 11.3 Å². The van der Waals surface area contributed by atoms with Crippen LogP contribution in [0.5, 0.6) is 0 Å². The first kappa shape index (κ1) is 14.0. The van der Waals surface area contributed by atoms with Gasteiger partial charge in [0.25, 0.3) is 0 Å². The Morgan fingerprint density at radius 2 is 2.11 bits per heavy atom. The first-order valence-electron chi connectivity index (χ1n) is 4.88. The van der Waals surface area contributed by atoms with Crippen molar-refractivity contribution in [3.05, 3.63) is 16.3 Å². The van der Waals surface area contributed by atoms with Crippen LogP contribution in [-0.2, 0) is 14.3 Å². The summed E-state index contributed by atoms with van der Waals surface area (Å²) in [6.07, 6.45) is 0. The van der Waals surface area contributed by atoms with Gasteiger partial charge in [0, 0.05) is 7.05 Å². The molecular weight excluding hydrogens is 260 g/mol. The molecule has 0 spiro atoms. The predicted molar refractivity (Wildman–Crippen MR) is 64.7 cm³/mol. The highest BCUT2D eigenvalue weighted by Gasteiger charge is 2.17. The molecule has 2 N–H and O–H groups in total. The van der Waals surface area contributed by atoms with E-state index in [0.717, 1.165) is 11.3 Å².